The normalized spacial score (nSPS) is 12.0. The first-order chi connectivity index (χ1) is 11.4. The van der Waals surface area contributed by atoms with Crippen LogP contribution in [0.25, 0.3) is 0 Å². The summed E-state index contributed by atoms with van der Waals surface area (Å²) in [5, 5.41) is 6.16. The Kier molecular flexibility index (Phi) is 6.65. The lowest BCUT2D eigenvalue weighted by Gasteiger charge is -2.29. The van der Waals surface area contributed by atoms with E-state index in [9.17, 15) is 9.59 Å². The van der Waals surface area contributed by atoms with E-state index in [1.165, 1.54) is 7.11 Å². The Morgan fingerprint density at radius 3 is 2.32 bits per heavy atom. The smallest absolute Gasteiger partial charge is 0.408 e. The molecule has 1 aromatic heterocycles. The Bertz CT molecular complexity index is 627. The molecule has 0 aliphatic carbocycles. The van der Waals surface area contributed by atoms with Crippen molar-refractivity contribution in [2.24, 2.45) is 7.05 Å². The number of ether oxygens (including phenoxy) is 2. The molecule has 1 aromatic rings. The molecule has 0 radical (unpaired) electrons. The van der Waals surface area contributed by atoms with E-state index in [4.69, 9.17) is 9.47 Å². The van der Waals surface area contributed by atoms with E-state index in [-0.39, 0.29) is 5.97 Å². The molecule has 2 N–H and O–H groups in total. The number of methoxy groups -OCH3 is 1. The molecule has 0 aliphatic heterocycles. The van der Waals surface area contributed by atoms with Crippen LogP contribution in [0.4, 0.5) is 4.79 Å². The molecule has 0 saturated heterocycles. The summed E-state index contributed by atoms with van der Waals surface area (Å²) >= 11 is 0. The molecule has 0 saturated carbocycles. The minimum atomic E-state index is -0.529. The second-order valence-electron chi connectivity index (χ2n) is 7.80. The minimum absolute atomic E-state index is 0.341. The maximum atomic E-state index is 11.9. The molecule has 7 nitrogen and oxygen atoms in total. The van der Waals surface area contributed by atoms with Gasteiger partial charge in [-0.25, -0.2) is 9.59 Å². The lowest BCUT2D eigenvalue weighted by atomic mass is 10.1. The zero-order valence-corrected chi connectivity index (χ0v) is 16.6. The zero-order chi connectivity index (χ0) is 19.4. The molecule has 25 heavy (non-hydrogen) atoms. The summed E-state index contributed by atoms with van der Waals surface area (Å²) in [6.07, 6.45) is -0.443. The molecule has 0 atom stereocenters. The fourth-order valence-electron chi connectivity index (χ4n) is 2.38. The fourth-order valence-corrected chi connectivity index (χ4v) is 2.38. The van der Waals surface area contributed by atoms with Gasteiger partial charge in [0.15, 0.2) is 0 Å². The van der Waals surface area contributed by atoms with Gasteiger partial charge in [-0.05, 0) is 47.6 Å². The van der Waals surface area contributed by atoms with Crippen molar-refractivity contribution in [3.05, 3.63) is 23.0 Å². The van der Waals surface area contributed by atoms with Crippen LogP contribution in [0.15, 0.2) is 6.07 Å². The van der Waals surface area contributed by atoms with E-state index in [1.807, 2.05) is 59.2 Å². The SMILES string of the molecule is COC(=O)c1cc(CNCC(C)(C)NC(=O)OC(C)(C)C)n(C)c1C. The van der Waals surface area contributed by atoms with Gasteiger partial charge in [-0.1, -0.05) is 0 Å². The monoisotopic (exact) mass is 353 g/mol. The molecule has 1 amide bonds. The van der Waals surface area contributed by atoms with Crippen LogP contribution in [-0.4, -0.2) is 41.4 Å². The highest BCUT2D eigenvalue weighted by molar-refractivity contribution is 5.91. The molecule has 0 aliphatic rings. The maximum Gasteiger partial charge on any atom is 0.408 e. The predicted octanol–water partition coefficient (Wildman–Crippen LogP) is 2.51. The van der Waals surface area contributed by atoms with Crippen LogP contribution < -0.4 is 10.6 Å². The van der Waals surface area contributed by atoms with E-state index in [2.05, 4.69) is 10.6 Å². The van der Waals surface area contributed by atoms with Gasteiger partial charge in [-0.3, -0.25) is 0 Å². The van der Waals surface area contributed by atoms with Crippen LogP contribution in [0, 0.1) is 6.92 Å². The number of carbonyl (C=O) groups is 2. The summed E-state index contributed by atoms with van der Waals surface area (Å²) in [7, 11) is 3.28. The molecular formula is C18H31N3O4. The molecule has 0 aromatic carbocycles. The highest BCUT2D eigenvalue weighted by Crippen LogP contribution is 2.15. The Labute approximate surface area is 150 Å². The van der Waals surface area contributed by atoms with Crippen LogP contribution in [0.5, 0.6) is 0 Å². The lowest BCUT2D eigenvalue weighted by Crippen LogP contribution is -2.51. The number of esters is 1. The molecule has 142 valence electrons. The van der Waals surface area contributed by atoms with Crippen molar-refractivity contribution >= 4 is 12.1 Å². The van der Waals surface area contributed by atoms with Gasteiger partial charge >= 0.3 is 12.1 Å². The molecule has 0 bridgehead atoms. The highest BCUT2D eigenvalue weighted by atomic mass is 16.6. The number of nitrogens with zero attached hydrogens (tertiary/aromatic N) is 1. The highest BCUT2D eigenvalue weighted by Gasteiger charge is 2.24. The second-order valence-corrected chi connectivity index (χ2v) is 7.80. The zero-order valence-electron chi connectivity index (χ0n) is 16.6. The van der Waals surface area contributed by atoms with Crippen molar-refractivity contribution < 1.29 is 19.1 Å². The summed E-state index contributed by atoms with van der Waals surface area (Å²) in [5.74, 6) is -0.341. The number of rotatable bonds is 6. The Balaban J connectivity index is 2.62. The Hall–Kier alpha value is -2.02. The average molecular weight is 353 g/mol. The van der Waals surface area contributed by atoms with Crippen molar-refractivity contribution in [3.63, 3.8) is 0 Å². The lowest BCUT2D eigenvalue weighted by molar-refractivity contribution is 0.0471. The fraction of sp³-hybridized carbons (Fsp3) is 0.667. The van der Waals surface area contributed by atoms with E-state index in [1.54, 1.807) is 0 Å². The number of alkyl carbamates (subject to hydrolysis) is 1. The first kappa shape index (κ1) is 21.0. The molecule has 1 rings (SSSR count). The number of hydrogen-bond acceptors (Lipinski definition) is 5. The molecule has 0 spiro atoms. The molecule has 0 unspecified atom stereocenters. The van der Waals surface area contributed by atoms with Gasteiger partial charge < -0.3 is 24.7 Å². The van der Waals surface area contributed by atoms with Crippen LogP contribution in [0.3, 0.4) is 0 Å². The second kappa shape index (κ2) is 7.91. The van der Waals surface area contributed by atoms with Crippen molar-refractivity contribution in [2.75, 3.05) is 13.7 Å². The summed E-state index contributed by atoms with van der Waals surface area (Å²) in [6.45, 7) is 12.3. The van der Waals surface area contributed by atoms with Crippen molar-refractivity contribution in [1.82, 2.24) is 15.2 Å². The average Bonchev–Trinajstić information content (AvgIpc) is 2.72. The Morgan fingerprint density at radius 1 is 1.20 bits per heavy atom. The van der Waals surface area contributed by atoms with Crippen molar-refractivity contribution in [3.8, 4) is 0 Å². The summed E-state index contributed by atoms with van der Waals surface area (Å²) in [6, 6.07) is 1.82. The van der Waals surface area contributed by atoms with Crippen LogP contribution in [0.1, 0.15) is 56.4 Å². The number of aromatic nitrogens is 1. The summed E-state index contributed by atoms with van der Waals surface area (Å²) < 4.78 is 12.0. The predicted molar refractivity (Wildman–Crippen MR) is 96.6 cm³/mol. The van der Waals surface area contributed by atoms with Gasteiger partial charge in [0.1, 0.15) is 5.60 Å². The van der Waals surface area contributed by atoms with E-state index < -0.39 is 17.2 Å². The molecule has 1 heterocycles. The number of amides is 1. The maximum absolute atomic E-state index is 11.9. The molecule has 0 fully saturated rings. The van der Waals surface area contributed by atoms with E-state index in [0.717, 1.165) is 11.4 Å². The third-order valence-corrected chi connectivity index (χ3v) is 3.75. The topological polar surface area (TPSA) is 81.6 Å². The van der Waals surface area contributed by atoms with Crippen LogP contribution in [0.2, 0.25) is 0 Å². The first-order valence-electron chi connectivity index (χ1n) is 8.31. The van der Waals surface area contributed by atoms with Gasteiger partial charge in [-0.2, -0.15) is 0 Å². The standard InChI is InChI=1S/C18H31N3O4/c1-12-14(15(22)24-8)9-13(21(12)7)10-19-11-18(5,6)20-16(23)25-17(2,3)4/h9,19H,10-11H2,1-8H3,(H,20,23). The van der Waals surface area contributed by atoms with Crippen molar-refractivity contribution in [1.29, 1.82) is 0 Å². The summed E-state index contributed by atoms with van der Waals surface area (Å²) in [4.78, 5) is 23.7. The van der Waals surface area contributed by atoms with Gasteiger partial charge in [0.05, 0.1) is 18.2 Å². The summed E-state index contributed by atoms with van der Waals surface area (Å²) in [5.41, 5.74) is 1.38. The van der Waals surface area contributed by atoms with Gasteiger partial charge in [0.25, 0.3) is 0 Å². The largest absolute Gasteiger partial charge is 0.465 e. The van der Waals surface area contributed by atoms with Gasteiger partial charge in [0.2, 0.25) is 0 Å². The van der Waals surface area contributed by atoms with Crippen LogP contribution in [-0.2, 0) is 23.1 Å². The number of nitrogens with one attached hydrogen (secondary N) is 2. The first-order valence-corrected chi connectivity index (χ1v) is 8.31. The number of hydrogen-bond donors (Lipinski definition) is 2. The molecular weight excluding hydrogens is 322 g/mol. The quantitative estimate of drug-likeness (QED) is 0.768. The third kappa shape index (κ3) is 6.42. The van der Waals surface area contributed by atoms with Crippen LogP contribution >= 0.6 is 0 Å². The minimum Gasteiger partial charge on any atom is -0.465 e. The van der Waals surface area contributed by atoms with Crippen molar-refractivity contribution in [2.45, 2.75) is 59.2 Å². The number of carbonyl (C=O) groups excluding carboxylic acids is 2. The van der Waals surface area contributed by atoms with Gasteiger partial charge in [-0.15, -0.1) is 0 Å². The third-order valence-electron chi connectivity index (χ3n) is 3.75. The molecule has 7 heteroatoms. The van der Waals surface area contributed by atoms with E-state index in [0.29, 0.717) is 18.7 Å². The van der Waals surface area contributed by atoms with E-state index >= 15 is 0 Å². The Morgan fingerprint density at radius 2 is 1.80 bits per heavy atom. The van der Waals surface area contributed by atoms with Gasteiger partial charge in [0, 0.05) is 31.5 Å².